The molecule has 1 aliphatic heterocycles. The molecule has 1 atom stereocenters. The number of nitrogens with two attached hydrogens (primary N) is 2. The summed E-state index contributed by atoms with van der Waals surface area (Å²) in [6.07, 6.45) is 1.24. The van der Waals surface area contributed by atoms with Gasteiger partial charge in [-0.05, 0) is 31.9 Å². The summed E-state index contributed by atoms with van der Waals surface area (Å²) >= 11 is 0. The molecule has 12 heteroatoms. The molecule has 31 heavy (non-hydrogen) atoms. The second kappa shape index (κ2) is 9.16. The number of hydrogen-bond donors (Lipinski definition) is 3. The molecule has 0 aliphatic carbocycles. The fraction of sp³-hybridized carbons (Fsp3) is 0.368. The molecule has 2 aromatic rings. The van der Waals surface area contributed by atoms with Gasteiger partial charge in [0.05, 0.1) is 18.0 Å². The summed E-state index contributed by atoms with van der Waals surface area (Å²) in [5.41, 5.74) is 5.34. The average Bonchev–Trinajstić information content (AvgIpc) is 2.73. The lowest BCUT2D eigenvalue weighted by molar-refractivity contribution is -0.141. The van der Waals surface area contributed by atoms with Crippen molar-refractivity contribution in [3.8, 4) is 0 Å². The van der Waals surface area contributed by atoms with Gasteiger partial charge in [0.15, 0.2) is 11.5 Å². The van der Waals surface area contributed by atoms with Crippen molar-refractivity contribution < 1.29 is 18.0 Å². The second-order valence-corrected chi connectivity index (χ2v) is 7.09. The average molecular weight is 436 g/mol. The Morgan fingerprint density at radius 1 is 1.32 bits per heavy atom. The van der Waals surface area contributed by atoms with Crippen LogP contribution in [0.5, 0.6) is 0 Å². The molecule has 3 rings (SSSR count). The van der Waals surface area contributed by atoms with Crippen molar-refractivity contribution >= 4 is 17.5 Å². The quantitative estimate of drug-likeness (QED) is 0.480. The number of halogens is 3. The summed E-state index contributed by atoms with van der Waals surface area (Å²) in [7, 11) is 0. The number of likely N-dealkylation sites (tertiary alicyclic amines) is 1. The zero-order chi connectivity index (χ0) is 22.6. The molecule has 166 valence electrons. The summed E-state index contributed by atoms with van der Waals surface area (Å²) < 4.78 is 37.9. The van der Waals surface area contributed by atoms with E-state index in [1.807, 2.05) is 0 Å². The molecule has 0 saturated carbocycles. The number of amides is 1. The number of hydrogen-bond acceptors (Lipinski definition) is 8. The van der Waals surface area contributed by atoms with Crippen LogP contribution in [0.25, 0.3) is 0 Å². The summed E-state index contributed by atoms with van der Waals surface area (Å²) in [6.45, 7) is 2.65. The number of rotatable bonds is 5. The maximum absolute atomic E-state index is 13.2. The van der Waals surface area contributed by atoms with E-state index in [1.54, 1.807) is 24.0 Å². The maximum Gasteiger partial charge on any atom is 0.434 e. The highest BCUT2D eigenvalue weighted by atomic mass is 19.4. The van der Waals surface area contributed by atoms with Crippen LogP contribution in [0.2, 0.25) is 0 Å². The fourth-order valence-electron chi connectivity index (χ4n) is 3.28. The predicted octanol–water partition coefficient (Wildman–Crippen LogP) is 2.03. The molecule has 9 nitrogen and oxygen atoms in total. The van der Waals surface area contributed by atoms with E-state index in [4.69, 9.17) is 11.6 Å². The number of carbonyl (C=O) groups excluding carboxylic acids is 1. The van der Waals surface area contributed by atoms with Crippen molar-refractivity contribution in [3.63, 3.8) is 0 Å². The molecule has 0 radical (unpaired) electrons. The number of aromatic nitrogens is 3. The highest BCUT2D eigenvalue weighted by Crippen LogP contribution is 2.27. The van der Waals surface area contributed by atoms with Gasteiger partial charge in [0.1, 0.15) is 5.82 Å². The molecule has 1 fully saturated rings. The lowest BCUT2D eigenvalue weighted by Gasteiger charge is -2.34. The predicted molar refractivity (Wildman–Crippen MR) is 109 cm³/mol. The summed E-state index contributed by atoms with van der Waals surface area (Å²) in [4.78, 5) is 26.3. The van der Waals surface area contributed by atoms with Crippen LogP contribution in [0.1, 0.15) is 34.6 Å². The fourth-order valence-corrected chi connectivity index (χ4v) is 3.28. The van der Waals surface area contributed by atoms with Gasteiger partial charge < -0.3 is 16.0 Å². The van der Waals surface area contributed by atoms with Gasteiger partial charge in [-0.25, -0.2) is 20.8 Å². The first-order valence-corrected chi connectivity index (χ1v) is 9.54. The summed E-state index contributed by atoms with van der Waals surface area (Å²) in [6, 6.07) is 3.18. The van der Waals surface area contributed by atoms with E-state index in [0.717, 1.165) is 12.6 Å². The Balaban J connectivity index is 1.73. The van der Waals surface area contributed by atoms with Crippen molar-refractivity contribution in [3.05, 3.63) is 53.9 Å². The van der Waals surface area contributed by atoms with Gasteiger partial charge in [-0.2, -0.15) is 13.2 Å². The number of pyridine rings is 1. The second-order valence-electron chi connectivity index (χ2n) is 7.09. The monoisotopic (exact) mass is 436 g/mol. The Hall–Kier alpha value is -3.41. The number of nitrogens with zero attached hydrogens (tertiary/aromatic N) is 5. The third kappa shape index (κ3) is 5.40. The van der Waals surface area contributed by atoms with Crippen LogP contribution >= 0.6 is 0 Å². The molecule has 0 aromatic carbocycles. The van der Waals surface area contributed by atoms with E-state index in [2.05, 4.69) is 20.3 Å². The van der Waals surface area contributed by atoms with Crippen LogP contribution in [-0.4, -0.2) is 44.9 Å². The molecule has 0 unspecified atom stereocenters. The maximum atomic E-state index is 13.2. The van der Waals surface area contributed by atoms with Gasteiger partial charge >= 0.3 is 6.18 Å². The first-order chi connectivity index (χ1) is 14.7. The van der Waals surface area contributed by atoms with Crippen molar-refractivity contribution in [2.45, 2.75) is 32.0 Å². The number of nitrogens with one attached hydrogen (secondary N) is 1. The molecule has 1 aliphatic rings. The number of anilines is 2. The molecular formula is C19H23F3N8O. The first-order valence-electron chi connectivity index (χ1n) is 9.54. The Labute approximate surface area is 176 Å². The van der Waals surface area contributed by atoms with E-state index in [0.29, 0.717) is 37.0 Å². The van der Waals surface area contributed by atoms with E-state index in [-0.39, 0.29) is 23.6 Å². The van der Waals surface area contributed by atoms with E-state index < -0.39 is 11.9 Å². The Morgan fingerprint density at radius 3 is 2.74 bits per heavy atom. The van der Waals surface area contributed by atoms with Gasteiger partial charge in [0, 0.05) is 37.2 Å². The zero-order valence-corrected chi connectivity index (χ0v) is 16.8. The van der Waals surface area contributed by atoms with Gasteiger partial charge in [-0.3, -0.25) is 9.80 Å². The number of carbonyl (C=O) groups is 1. The zero-order valence-electron chi connectivity index (χ0n) is 16.8. The minimum Gasteiger partial charge on any atom is -0.403 e. The number of aryl methyl sites for hydroxylation is 1. The van der Waals surface area contributed by atoms with Crippen molar-refractivity contribution in [1.82, 2.24) is 19.9 Å². The van der Waals surface area contributed by atoms with Gasteiger partial charge in [-0.1, -0.05) is 0 Å². The van der Waals surface area contributed by atoms with E-state index in [9.17, 15) is 18.0 Å². The largest absolute Gasteiger partial charge is 0.434 e. The van der Waals surface area contributed by atoms with Crippen LogP contribution in [0, 0.1) is 6.92 Å². The third-order valence-corrected chi connectivity index (χ3v) is 4.74. The van der Waals surface area contributed by atoms with Gasteiger partial charge in [0.25, 0.3) is 5.91 Å². The Kier molecular flexibility index (Phi) is 6.59. The molecule has 2 aromatic heterocycles. The molecular weight excluding hydrogens is 413 g/mol. The van der Waals surface area contributed by atoms with Crippen molar-refractivity contribution in [2.24, 2.45) is 11.6 Å². The van der Waals surface area contributed by atoms with Crippen molar-refractivity contribution in [2.75, 3.05) is 23.4 Å². The molecule has 0 spiro atoms. The van der Waals surface area contributed by atoms with Crippen LogP contribution in [0.15, 0.2) is 36.9 Å². The highest BCUT2D eigenvalue weighted by molar-refractivity contribution is 5.99. The minimum absolute atomic E-state index is 0.191. The Morgan fingerprint density at radius 2 is 2.10 bits per heavy atom. The third-order valence-electron chi connectivity index (χ3n) is 4.74. The van der Waals surface area contributed by atoms with Gasteiger partial charge in [-0.15, -0.1) is 0 Å². The summed E-state index contributed by atoms with van der Waals surface area (Å²) in [5, 5.41) is 4.23. The number of hydrazine groups is 1. The van der Waals surface area contributed by atoms with Crippen LogP contribution < -0.4 is 21.9 Å². The highest BCUT2D eigenvalue weighted by Gasteiger charge is 2.33. The van der Waals surface area contributed by atoms with Crippen LogP contribution in [0.3, 0.4) is 0 Å². The molecule has 5 N–H and O–H groups in total. The first kappa shape index (κ1) is 22.3. The van der Waals surface area contributed by atoms with Crippen LogP contribution in [0.4, 0.5) is 24.8 Å². The summed E-state index contributed by atoms with van der Waals surface area (Å²) in [5.74, 6) is 6.17. The number of piperidine rings is 1. The molecule has 0 bridgehead atoms. The van der Waals surface area contributed by atoms with Crippen molar-refractivity contribution in [1.29, 1.82) is 0 Å². The number of alkyl halides is 3. The lowest BCUT2D eigenvalue weighted by atomic mass is 10.0. The van der Waals surface area contributed by atoms with Gasteiger partial charge in [0.2, 0.25) is 0 Å². The lowest BCUT2D eigenvalue weighted by Crippen LogP contribution is -2.45. The molecule has 3 heterocycles. The molecule has 1 saturated heterocycles. The SMILES string of the molecule is Cc1ccc(C(=O)N2CCC[C@@H](Nc3cnc(C(F)(F)F)cn3)C2)c(N(N)/C=C\N)n1. The minimum atomic E-state index is -4.55. The molecule has 1 amide bonds. The smallest absolute Gasteiger partial charge is 0.403 e. The topological polar surface area (TPSA) is 126 Å². The van der Waals surface area contributed by atoms with Crippen LogP contribution in [-0.2, 0) is 6.18 Å². The normalized spacial score (nSPS) is 17.1. The van der Waals surface area contributed by atoms with E-state index >= 15 is 0 Å². The van der Waals surface area contributed by atoms with E-state index in [1.165, 1.54) is 17.4 Å². The standard InChI is InChI=1S/C19H23F3N8O/c1-12-4-5-14(17(27-12)30(24)8-6-23)18(31)29-7-2-3-13(11-29)28-16-10-25-15(9-26-16)19(20,21)22/h4-6,8-10,13H,2-3,7,11,23-24H2,1H3,(H,26,28)/b8-6-/t13-/m1/s1. The Bertz CT molecular complexity index is 948.